The van der Waals surface area contributed by atoms with Crippen molar-refractivity contribution in [2.75, 3.05) is 11.9 Å². The topological polar surface area (TPSA) is 41.1 Å². The number of thiophene rings is 1. The van der Waals surface area contributed by atoms with E-state index in [1.165, 1.54) is 10.4 Å². The Kier molecular flexibility index (Phi) is 3.02. The Morgan fingerprint density at radius 3 is 3.17 bits per heavy atom. The van der Waals surface area contributed by atoms with E-state index in [2.05, 4.69) is 10.6 Å². The molecule has 2 N–H and O–H groups in total. The van der Waals surface area contributed by atoms with Crippen molar-refractivity contribution in [1.82, 2.24) is 5.32 Å². The summed E-state index contributed by atoms with van der Waals surface area (Å²) in [5.74, 6) is -0.00176. The predicted octanol–water partition coefficient (Wildman–Crippen LogP) is 2.65. The lowest BCUT2D eigenvalue weighted by atomic mass is 10.1. The second kappa shape index (κ2) is 4.82. The third-order valence-electron chi connectivity index (χ3n) is 3.08. The molecule has 3 rings (SSSR count). The largest absolute Gasteiger partial charge is 0.384 e. The Morgan fingerprint density at radius 2 is 2.33 bits per heavy atom. The number of anilines is 1. The summed E-state index contributed by atoms with van der Waals surface area (Å²) in [6.07, 6.45) is 1.00. The van der Waals surface area contributed by atoms with Crippen LogP contribution in [0.5, 0.6) is 0 Å². The van der Waals surface area contributed by atoms with Crippen LogP contribution in [-0.4, -0.2) is 12.5 Å². The zero-order valence-corrected chi connectivity index (χ0v) is 10.7. The minimum atomic E-state index is -0.00176. The monoisotopic (exact) mass is 258 g/mol. The predicted molar refractivity (Wildman–Crippen MR) is 74.1 cm³/mol. The average Bonchev–Trinajstić information content (AvgIpc) is 3.05. The van der Waals surface area contributed by atoms with Crippen LogP contribution in [0.2, 0.25) is 0 Å². The molecule has 0 bridgehead atoms. The first-order chi connectivity index (χ1) is 8.83. The summed E-state index contributed by atoms with van der Waals surface area (Å²) in [5, 5.41) is 8.25. The van der Waals surface area contributed by atoms with Gasteiger partial charge < -0.3 is 10.6 Å². The molecule has 0 atom stereocenters. The Labute approximate surface area is 110 Å². The summed E-state index contributed by atoms with van der Waals surface area (Å²) in [4.78, 5) is 13.2. The van der Waals surface area contributed by atoms with Crippen LogP contribution >= 0.6 is 11.3 Å². The maximum absolute atomic E-state index is 12.0. The Balaban J connectivity index is 1.69. The fourth-order valence-corrected chi connectivity index (χ4v) is 2.77. The van der Waals surface area contributed by atoms with Crippen molar-refractivity contribution in [2.45, 2.75) is 13.0 Å². The van der Waals surface area contributed by atoms with Crippen LogP contribution in [0.1, 0.15) is 20.8 Å². The van der Waals surface area contributed by atoms with Gasteiger partial charge in [0.05, 0.1) is 6.54 Å². The number of benzene rings is 1. The second-order valence-electron chi connectivity index (χ2n) is 4.31. The molecule has 0 radical (unpaired) electrons. The first-order valence-corrected chi connectivity index (χ1v) is 6.88. The molecule has 0 fully saturated rings. The van der Waals surface area contributed by atoms with Crippen molar-refractivity contribution in [1.29, 1.82) is 0 Å². The summed E-state index contributed by atoms with van der Waals surface area (Å²) in [7, 11) is 0. The number of rotatable bonds is 3. The molecule has 92 valence electrons. The standard InChI is InChI=1S/C14H14N2OS/c17-14(16-9-12-2-1-7-18-12)11-3-4-13-10(8-11)5-6-15-13/h1-4,7-8,15H,5-6,9H2,(H,16,17). The smallest absolute Gasteiger partial charge is 0.251 e. The van der Waals surface area contributed by atoms with E-state index in [9.17, 15) is 4.79 Å². The molecule has 1 aliphatic heterocycles. The number of hydrogen-bond acceptors (Lipinski definition) is 3. The summed E-state index contributed by atoms with van der Waals surface area (Å²) in [5.41, 5.74) is 3.14. The Morgan fingerprint density at radius 1 is 1.39 bits per heavy atom. The van der Waals surface area contributed by atoms with Gasteiger partial charge in [-0.3, -0.25) is 4.79 Å². The van der Waals surface area contributed by atoms with Gasteiger partial charge in [-0.2, -0.15) is 0 Å². The summed E-state index contributed by atoms with van der Waals surface area (Å²) in [6.45, 7) is 1.57. The highest BCUT2D eigenvalue weighted by Gasteiger charge is 2.13. The zero-order valence-electron chi connectivity index (χ0n) is 9.90. The molecule has 18 heavy (non-hydrogen) atoms. The molecule has 2 aromatic rings. The van der Waals surface area contributed by atoms with Crippen LogP contribution in [0.25, 0.3) is 0 Å². The summed E-state index contributed by atoms with van der Waals surface area (Å²) < 4.78 is 0. The highest BCUT2D eigenvalue weighted by Crippen LogP contribution is 2.23. The van der Waals surface area contributed by atoms with Crippen LogP contribution in [0, 0.1) is 0 Å². The molecular formula is C14H14N2OS. The van der Waals surface area contributed by atoms with Crippen LogP contribution in [-0.2, 0) is 13.0 Å². The van der Waals surface area contributed by atoms with Gasteiger partial charge in [0.1, 0.15) is 0 Å². The van der Waals surface area contributed by atoms with Crippen molar-refractivity contribution in [2.24, 2.45) is 0 Å². The van der Waals surface area contributed by atoms with Crippen LogP contribution in [0.4, 0.5) is 5.69 Å². The Hall–Kier alpha value is -1.81. The SMILES string of the molecule is O=C(NCc1cccs1)c1ccc2c(c1)CCN2. The number of hydrogen-bond donors (Lipinski definition) is 2. The van der Waals surface area contributed by atoms with Crippen molar-refractivity contribution < 1.29 is 4.79 Å². The highest BCUT2D eigenvalue weighted by molar-refractivity contribution is 7.09. The van der Waals surface area contributed by atoms with E-state index in [4.69, 9.17) is 0 Å². The zero-order chi connectivity index (χ0) is 12.4. The van der Waals surface area contributed by atoms with E-state index in [0.29, 0.717) is 6.54 Å². The van der Waals surface area contributed by atoms with E-state index in [1.54, 1.807) is 11.3 Å². The molecule has 0 aliphatic carbocycles. The van der Waals surface area contributed by atoms with E-state index in [-0.39, 0.29) is 5.91 Å². The molecule has 0 unspecified atom stereocenters. The molecule has 1 aromatic heterocycles. The molecule has 1 aliphatic rings. The first kappa shape index (κ1) is 11.3. The molecule has 3 nitrogen and oxygen atoms in total. The van der Waals surface area contributed by atoms with Gasteiger partial charge in [0.25, 0.3) is 5.91 Å². The van der Waals surface area contributed by atoms with Gasteiger partial charge >= 0.3 is 0 Å². The van der Waals surface area contributed by atoms with Gasteiger partial charge in [-0.1, -0.05) is 6.07 Å². The number of carbonyl (C=O) groups is 1. The van der Waals surface area contributed by atoms with E-state index >= 15 is 0 Å². The van der Waals surface area contributed by atoms with Gasteiger partial charge in [0, 0.05) is 22.7 Å². The van der Waals surface area contributed by atoms with Gasteiger partial charge in [-0.05, 0) is 41.6 Å². The molecule has 1 amide bonds. The number of nitrogens with one attached hydrogen (secondary N) is 2. The van der Waals surface area contributed by atoms with Gasteiger partial charge in [0.2, 0.25) is 0 Å². The minimum absolute atomic E-state index is 0.00176. The summed E-state index contributed by atoms with van der Waals surface area (Å²) in [6, 6.07) is 9.87. The van der Waals surface area contributed by atoms with Gasteiger partial charge in [-0.15, -0.1) is 11.3 Å². The van der Waals surface area contributed by atoms with Crippen LogP contribution in [0.3, 0.4) is 0 Å². The number of fused-ring (bicyclic) bond motifs is 1. The second-order valence-corrected chi connectivity index (χ2v) is 5.34. The number of amides is 1. The van der Waals surface area contributed by atoms with E-state index < -0.39 is 0 Å². The highest BCUT2D eigenvalue weighted by atomic mass is 32.1. The van der Waals surface area contributed by atoms with Crippen LogP contribution < -0.4 is 10.6 Å². The minimum Gasteiger partial charge on any atom is -0.384 e. The fraction of sp³-hybridized carbons (Fsp3) is 0.214. The molecule has 1 aromatic carbocycles. The lowest BCUT2D eigenvalue weighted by Crippen LogP contribution is -2.22. The van der Waals surface area contributed by atoms with E-state index in [1.807, 2.05) is 35.7 Å². The van der Waals surface area contributed by atoms with Crippen molar-refractivity contribution in [3.63, 3.8) is 0 Å². The lowest BCUT2D eigenvalue weighted by Gasteiger charge is -2.06. The molecule has 2 heterocycles. The van der Waals surface area contributed by atoms with Gasteiger partial charge in [-0.25, -0.2) is 0 Å². The third kappa shape index (κ3) is 2.24. The van der Waals surface area contributed by atoms with E-state index in [0.717, 1.165) is 24.2 Å². The fourth-order valence-electron chi connectivity index (χ4n) is 2.13. The molecule has 0 saturated carbocycles. The molecule has 0 saturated heterocycles. The van der Waals surface area contributed by atoms with Crippen LogP contribution in [0.15, 0.2) is 35.7 Å². The summed E-state index contributed by atoms with van der Waals surface area (Å²) >= 11 is 1.66. The lowest BCUT2D eigenvalue weighted by molar-refractivity contribution is 0.0951. The quantitative estimate of drug-likeness (QED) is 0.888. The average molecular weight is 258 g/mol. The van der Waals surface area contributed by atoms with Crippen molar-refractivity contribution in [3.8, 4) is 0 Å². The van der Waals surface area contributed by atoms with Gasteiger partial charge in [0.15, 0.2) is 0 Å². The first-order valence-electron chi connectivity index (χ1n) is 6.00. The molecular weight excluding hydrogens is 244 g/mol. The maximum atomic E-state index is 12.0. The maximum Gasteiger partial charge on any atom is 0.251 e. The molecule has 0 spiro atoms. The number of carbonyl (C=O) groups excluding carboxylic acids is 1. The Bertz CT molecular complexity index is 563. The van der Waals surface area contributed by atoms with Crippen molar-refractivity contribution in [3.05, 3.63) is 51.7 Å². The third-order valence-corrected chi connectivity index (χ3v) is 3.96. The molecule has 4 heteroatoms. The van der Waals surface area contributed by atoms with Crippen molar-refractivity contribution >= 4 is 22.9 Å². The normalized spacial score (nSPS) is 12.9.